The molecule has 2 N–H and O–H groups in total. The van der Waals surface area contributed by atoms with E-state index in [-0.39, 0.29) is 12.1 Å². The molecule has 0 aromatic heterocycles. The highest BCUT2D eigenvalue weighted by Crippen LogP contribution is 2.20. The van der Waals surface area contributed by atoms with Crippen molar-refractivity contribution >= 4 is 5.97 Å². The second-order valence-corrected chi connectivity index (χ2v) is 5.50. The summed E-state index contributed by atoms with van der Waals surface area (Å²) in [6.07, 6.45) is 2.00. The number of rotatable bonds is 5. The number of esters is 1. The lowest BCUT2D eigenvalue weighted by atomic mass is 9.94. The topological polar surface area (TPSA) is 64.8 Å². The Morgan fingerprint density at radius 2 is 2.17 bits per heavy atom. The standard InChI is InChI=1S/C13H26N2O3/c1-10-5-7-15(9-11(10)17-3)8-6-13(2,14)12(16)18-4/h10-11H,5-9,14H2,1-4H3. The molecule has 1 saturated heterocycles. The van der Waals surface area contributed by atoms with E-state index in [1.807, 2.05) is 0 Å². The number of piperidine rings is 1. The minimum absolute atomic E-state index is 0.279. The second-order valence-electron chi connectivity index (χ2n) is 5.50. The lowest BCUT2D eigenvalue weighted by Crippen LogP contribution is -2.50. The van der Waals surface area contributed by atoms with E-state index >= 15 is 0 Å². The Morgan fingerprint density at radius 3 is 2.72 bits per heavy atom. The zero-order valence-electron chi connectivity index (χ0n) is 11.9. The molecule has 1 heterocycles. The van der Waals surface area contributed by atoms with Gasteiger partial charge in [0.15, 0.2) is 0 Å². The fourth-order valence-corrected chi connectivity index (χ4v) is 2.33. The highest BCUT2D eigenvalue weighted by Gasteiger charge is 2.32. The fourth-order valence-electron chi connectivity index (χ4n) is 2.33. The number of hydrogen-bond acceptors (Lipinski definition) is 5. The number of likely N-dealkylation sites (tertiary alicyclic amines) is 1. The minimum Gasteiger partial charge on any atom is -0.468 e. The smallest absolute Gasteiger partial charge is 0.325 e. The van der Waals surface area contributed by atoms with Gasteiger partial charge in [-0.3, -0.25) is 4.79 Å². The van der Waals surface area contributed by atoms with Gasteiger partial charge in [0, 0.05) is 20.2 Å². The summed E-state index contributed by atoms with van der Waals surface area (Å²) < 4.78 is 10.2. The van der Waals surface area contributed by atoms with Crippen LogP contribution < -0.4 is 5.73 Å². The van der Waals surface area contributed by atoms with Crippen molar-refractivity contribution in [2.75, 3.05) is 33.9 Å². The largest absolute Gasteiger partial charge is 0.468 e. The lowest BCUT2D eigenvalue weighted by molar-refractivity contribution is -0.146. The molecule has 0 saturated carbocycles. The molecule has 3 atom stereocenters. The zero-order chi connectivity index (χ0) is 13.8. The van der Waals surface area contributed by atoms with Crippen LogP contribution in [0.3, 0.4) is 0 Å². The first-order valence-electron chi connectivity index (χ1n) is 6.53. The van der Waals surface area contributed by atoms with E-state index in [0.717, 1.165) is 26.1 Å². The highest BCUT2D eigenvalue weighted by molar-refractivity contribution is 5.79. The van der Waals surface area contributed by atoms with Gasteiger partial charge < -0.3 is 20.1 Å². The maximum absolute atomic E-state index is 11.5. The number of nitrogens with zero attached hydrogens (tertiary/aromatic N) is 1. The van der Waals surface area contributed by atoms with Gasteiger partial charge >= 0.3 is 5.97 Å². The molecule has 0 bridgehead atoms. The highest BCUT2D eigenvalue weighted by atomic mass is 16.5. The summed E-state index contributed by atoms with van der Waals surface area (Å²) in [4.78, 5) is 13.8. The molecular weight excluding hydrogens is 232 g/mol. The van der Waals surface area contributed by atoms with Crippen molar-refractivity contribution in [3.05, 3.63) is 0 Å². The lowest BCUT2D eigenvalue weighted by Gasteiger charge is -2.37. The number of ether oxygens (including phenoxy) is 2. The van der Waals surface area contributed by atoms with Crippen LogP contribution >= 0.6 is 0 Å². The Bertz CT molecular complexity index is 281. The van der Waals surface area contributed by atoms with Crippen LogP contribution in [0.15, 0.2) is 0 Å². The van der Waals surface area contributed by atoms with Gasteiger partial charge in [-0.25, -0.2) is 0 Å². The van der Waals surface area contributed by atoms with Gasteiger partial charge in [0.25, 0.3) is 0 Å². The maximum Gasteiger partial charge on any atom is 0.325 e. The minimum atomic E-state index is -0.902. The van der Waals surface area contributed by atoms with E-state index in [0.29, 0.717) is 12.3 Å². The van der Waals surface area contributed by atoms with Crippen molar-refractivity contribution in [3.63, 3.8) is 0 Å². The third-order valence-corrected chi connectivity index (χ3v) is 3.88. The van der Waals surface area contributed by atoms with Crippen LogP contribution in [-0.2, 0) is 14.3 Å². The van der Waals surface area contributed by atoms with Gasteiger partial charge in [0.05, 0.1) is 13.2 Å². The van der Waals surface area contributed by atoms with Crippen LogP contribution in [0.4, 0.5) is 0 Å². The molecule has 5 heteroatoms. The molecule has 0 radical (unpaired) electrons. The summed E-state index contributed by atoms with van der Waals surface area (Å²) in [5.41, 5.74) is 5.05. The van der Waals surface area contributed by atoms with E-state index in [2.05, 4.69) is 11.8 Å². The second kappa shape index (κ2) is 6.50. The molecule has 18 heavy (non-hydrogen) atoms. The molecule has 0 aromatic carbocycles. The van der Waals surface area contributed by atoms with Crippen LogP contribution in [-0.4, -0.2) is 56.4 Å². The molecule has 0 aromatic rings. The predicted molar refractivity (Wildman–Crippen MR) is 70.2 cm³/mol. The first-order chi connectivity index (χ1) is 8.40. The predicted octanol–water partition coefficient (Wildman–Crippen LogP) is 0.624. The maximum atomic E-state index is 11.5. The Morgan fingerprint density at radius 1 is 1.50 bits per heavy atom. The average Bonchev–Trinajstić information content (AvgIpc) is 2.36. The molecule has 5 nitrogen and oxygen atoms in total. The van der Waals surface area contributed by atoms with E-state index in [9.17, 15) is 4.79 Å². The number of carbonyl (C=O) groups excluding carboxylic acids is 1. The van der Waals surface area contributed by atoms with Crippen LogP contribution in [0.25, 0.3) is 0 Å². The van der Waals surface area contributed by atoms with Crippen LogP contribution in [0.5, 0.6) is 0 Å². The van der Waals surface area contributed by atoms with Gasteiger partial charge in [-0.2, -0.15) is 0 Å². The average molecular weight is 258 g/mol. The quantitative estimate of drug-likeness (QED) is 0.733. The van der Waals surface area contributed by atoms with Crippen molar-refractivity contribution in [2.24, 2.45) is 11.7 Å². The summed E-state index contributed by atoms with van der Waals surface area (Å²) in [6.45, 7) is 6.69. The van der Waals surface area contributed by atoms with Gasteiger partial charge in [-0.05, 0) is 32.2 Å². The van der Waals surface area contributed by atoms with E-state index < -0.39 is 5.54 Å². The van der Waals surface area contributed by atoms with Gasteiger partial charge in [0.1, 0.15) is 5.54 Å². The van der Waals surface area contributed by atoms with Gasteiger partial charge in [0.2, 0.25) is 0 Å². The first-order valence-corrected chi connectivity index (χ1v) is 6.53. The molecule has 1 aliphatic rings. The van der Waals surface area contributed by atoms with Crippen molar-refractivity contribution in [1.82, 2.24) is 4.90 Å². The number of hydrogen-bond donors (Lipinski definition) is 1. The Balaban J connectivity index is 2.42. The van der Waals surface area contributed by atoms with Gasteiger partial charge in [-0.1, -0.05) is 6.92 Å². The Hall–Kier alpha value is -0.650. The van der Waals surface area contributed by atoms with Crippen molar-refractivity contribution in [1.29, 1.82) is 0 Å². The molecule has 1 aliphatic heterocycles. The van der Waals surface area contributed by atoms with Crippen molar-refractivity contribution < 1.29 is 14.3 Å². The molecule has 0 amide bonds. The van der Waals surface area contributed by atoms with Crippen molar-refractivity contribution in [3.8, 4) is 0 Å². The van der Waals surface area contributed by atoms with E-state index in [1.165, 1.54) is 7.11 Å². The molecular formula is C13H26N2O3. The van der Waals surface area contributed by atoms with Crippen LogP contribution in [0, 0.1) is 5.92 Å². The van der Waals surface area contributed by atoms with Crippen molar-refractivity contribution in [2.45, 2.75) is 38.3 Å². The van der Waals surface area contributed by atoms with Gasteiger partial charge in [-0.15, -0.1) is 0 Å². The molecule has 0 spiro atoms. The third-order valence-electron chi connectivity index (χ3n) is 3.88. The molecule has 106 valence electrons. The normalized spacial score (nSPS) is 28.7. The third kappa shape index (κ3) is 3.93. The summed E-state index contributed by atoms with van der Waals surface area (Å²) in [5.74, 6) is 0.243. The molecule has 3 unspecified atom stereocenters. The summed E-state index contributed by atoms with van der Waals surface area (Å²) in [5, 5.41) is 0. The monoisotopic (exact) mass is 258 g/mol. The zero-order valence-corrected chi connectivity index (χ0v) is 11.9. The van der Waals surface area contributed by atoms with E-state index in [4.69, 9.17) is 15.2 Å². The Kier molecular flexibility index (Phi) is 5.56. The summed E-state index contributed by atoms with van der Waals surface area (Å²) in [7, 11) is 3.13. The van der Waals surface area contributed by atoms with E-state index in [1.54, 1.807) is 14.0 Å². The number of nitrogens with two attached hydrogens (primary N) is 1. The van der Waals surface area contributed by atoms with Crippen LogP contribution in [0.1, 0.15) is 26.7 Å². The number of carbonyl (C=O) groups is 1. The summed E-state index contributed by atoms with van der Waals surface area (Å²) in [6, 6.07) is 0. The molecule has 1 fully saturated rings. The number of methoxy groups -OCH3 is 2. The first kappa shape index (κ1) is 15.4. The van der Waals surface area contributed by atoms with Crippen LogP contribution in [0.2, 0.25) is 0 Å². The molecule has 0 aliphatic carbocycles. The SMILES string of the molecule is COC(=O)C(C)(N)CCN1CCC(C)C(OC)C1. The Labute approximate surface area is 110 Å². The fraction of sp³-hybridized carbons (Fsp3) is 0.923. The summed E-state index contributed by atoms with van der Waals surface area (Å²) >= 11 is 0. The molecule has 1 rings (SSSR count).